The van der Waals surface area contributed by atoms with Gasteiger partial charge in [-0.2, -0.15) is 0 Å². The summed E-state index contributed by atoms with van der Waals surface area (Å²) in [6, 6.07) is 4.34. The topological polar surface area (TPSA) is 68.7 Å². The maximum absolute atomic E-state index is 12.2. The van der Waals surface area contributed by atoms with Crippen molar-refractivity contribution < 1.29 is 9.90 Å². The van der Waals surface area contributed by atoms with Crippen molar-refractivity contribution in [1.82, 2.24) is 20.1 Å². The van der Waals surface area contributed by atoms with Crippen LogP contribution in [-0.4, -0.2) is 64.7 Å². The van der Waals surface area contributed by atoms with Gasteiger partial charge >= 0.3 is 6.03 Å². The van der Waals surface area contributed by atoms with E-state index in [4.69, 9.17) is 0 Å². The number of likely N-dealkylation sites (N-methyl/N-ethyl adjacent to an activating group) is 1. The molecule has 0 saturated carbocycles. The van der Waals surface area contributed by atoms with Crippen molar-refractivity contribution in [3.05, 3.63) is 29.6 Å². The number of aliphatic hydroxyl groups excluding tert-OH is 1. The Labute approximate surface area is 138 Å². The van der Waals surface area contributed by atoms with Crippen LogP contribution in [0, 0.1) is 6.92 Å². The summed E-state index contributed by atoms with van der Waals surface area (Å²) in [5.41, 5.74) is 2.02. The van der Waals surface area contributed by atoms with E-state index in [9.17, 15) is 9.90 Å². The van der Waals surface area contributed by atoms with Crippen molar-refractivity contribution in [2.75, 3.05) is 26.7 Å². The predicted octanol–water partition coefficient (Wildman–Crippen LogP) is 1.38. The summed E-state index contributed by atoms with van der Waals surface area (Å²) in [5, 5.41) is 12.4. The Morgan fingerprint density at radius 2 is 2.22 bits per heavy atom. The molecule has 2 N–H and O–H groups in total. The van der Waals surface area contributed by atoms with E-state index in [0.29, 0.717) is 19.1 Å². The molecular weight excluding hydrogens is 292 g/mol. The Bertz CT molecular complexity index is 513. The fourth-order valence-corrected chi connectivity index (χ4v) is 3.05. The minimum absolute atomic E-state index is 0.0232. The van der Waals surface area contributed by atoms with Crippen LogP contribution in [0.2, 0.25) is 0 Å². The molecule has 0 radical (unpaired) electrons. The molecule has 0 spiro atoms. The first-order valence-corrected chi connectivity index (χ1v) is 8.28. The minimum atomic E-state index is -0.317. The highest BCUT2D eigenvalue weighted by Gasteiger charge is 2.25. The number of likely N-dealkylation sites (tertiary alicyclic amines) is 1. The molecule has 0 bridgehead atoms. The predicted molar refractivity (Wildman–Crippen MR) is 90.1 cm³/mol. The molecule has 1 saturated heterocycles. The monoisotopic (exact) mass is 320 g/mol. The van der Waals surface area contributed by atoms with Crippen LogP contribution in [0.3, 0.4) is 0 Å². The number of rotatable bonds is 5. The average molecular weight is 320 g/mol. The summed E-state index contributed by atoms with van der Waals surface area (Å²) < 4.78 is 0. The third-order valence-electron chi connectivity index (χ3n) is 4.32. The van der Waals surface area contributed by atoms with Crippen LogP contribution in [0.4, 0.5) is 4.79 Å². The number of pyridine rings is 1. The van der Waals surface area contributed by atoms with Gasteiger partial charge in [0.2, 0.25) is 0 Å². The quantitative estimate of drug-likeness (QED) is 0.860. The van der Waals surface area contributed by atoms with E-state index in [-0.39, 0.29) is 12.1 Å². The Hall–Kier alpha value is -1.66. The van der Waals surface area contributed by atoms with Crippen LogP contribution in [0.1, 0.15) is 31.0 Å². The van der Waals surface area contributed by atoms with Gasteiger partial charge in [-0.25, -0.2) is 4.79 Å². The summed E-state index contributed by atoms with van der Waals surface area (Å²) in [4.78, 5) is 20.6. The molecule has 1 fully saturated rings. The lowest BCUT2D eigenvalue weighted by atomic mass is 10.0. The van der Waals surface area contributed by atoms with Crippen LogP contribution in [0.15, 0.2) is 18.3 Å². The number of nitrogens with one attached hydrogen (secondary N) is 1. The van der Waals surface area contributed by atoms with Crippen LogP contribution < -0.4 is 5.32 Å². The first-order chi connectivity index (χ1) is 11.0. The van der Waals surface area contributed by atoms with Gasteiger partial charge in [-0.3, -0.25) is 4.98 Å². The van der Waals surface area contributed by atoms with Gasteiger partial charge < -0.3 is 20.2 Å². The number of aliphatic hydroxyl groups is 1. The molecule has 0 aromatic carbocycles. The largest absolute Gasteiger partial charge is 0.392 e. The Morgan fingerprint density at radius 3 is 2.83 bits per heavy atom. The lowest BCUT2D eigenvalue weighted by molar-refractivity contribution is 0.0874. The first-order valence-electron chi connectivity index (χ1n) is 8.28. The van der Waals surface area contributed by atoms with Crippen molar-refractivity contribution in [3.63, 3.8) is 0 Å². The number of amides is 2. The molecule has 1 unspecified atom stereocenters. The van der Waals surface area contributed by atoms with Gasteiger partial charge in [-0.05, 0) is 51.4 Å². The van der Waals surface area contributed by atoms with Crippen LogP contribution in [0.25, 0.3) is 0 Å². The fraction of sp³-hybridized carbons (Fsp3) is 0.647. The molecule has 6 nitrogen and oxygen atoms in total. The second-order valence-corrected chi connectivity index (χ2v) is 6.49. The van der Waals surface area contributed by atoms with Gasteiger partial charge in [-0.15, -0.1) is 0 Å². The van der Waals surface area contributed by atoms with E-state index in [1.165, 1.54) is 0 Å². The molecule has 1 aromatic rings. The van der Waals surface area contributed by atoms with Crippen LogP contribution in [-0.2, 0) is 6.54 Å². The molecule has 128 valence electrons. The fourth-order valence-electron chi connectivity index (χ4n) is 3.05. The molecule has 2 amide bonds. The Kier molecular flexibility index (Phi) is 6.36. The Morgan fingerprint density at radius 1 is 1.52 bits per heavy atom. The SMILES string of the molecule is Cc1ccnc(CNC(=O)N2CCC(N(C)CC(C)O)CC2)c1. The van der Waals surface area contributed by atoms with E-state index in [1.54, 1.807) is 13.1 Å². The second kappa shape index (κ2) is 8.26. The standard InChI is InChI=1S/C17H28N4O2/c1-13-4-7-18-15(10-13)11-19-17(23)21-8-5-16(6-9-21)20(3)12-14(2)22/h4,7,10,14,16,22H,5-6,8-9,11-12H2,1-3H3,(H,19,23). The number of hydrogen-bond acceptors (Lipinski definition) is 4. The van der Waals surface area contributed by atoms with E-state index in [0.717, 1.165) is 37.2 Å². The Balaban J connectivity index is 1.75. The van der Waals surface area contributed by atoms with E-state index >= 15 is 0 Å². The third kappa shape index (κ3) is 5.48. The summed E-state index contributed by atoms with van der Waals surface area (Å²) >= 11 is 0. The van der Waals surface area contributed by atoms with Crippen LogP contribution in [0.5, 0.6) is 0 Å². The third-order valence-corrected chi connectivity index (χ3v) is 4.32. The minimum Gasteiger partial charge on any atom is -0.392 e. The molecule has 23 heavy (non-hydrogen) atoms. The molecular formula is C17H28N4O2. The van der Waals surface area contributed by atoms with Crippen molar-refractivity contribution in [2.45, 2.75) is 45.4 Å². The highest BCUT2D eigenvalue weighted by atomic mass is 16.3. The molecule has 1 atom stereocenters. The number of carbonyl (C=O) groups excluding carboxylic acids is 1. The zero-order valence-electron chi connectivity index (χ0n) is 14.3. The molecule has 6 heteroatoms. The van der Waals surface area contributed by atoms with E-state index in [2.05, 4.69) is 15.2 Å². The lowest BCUT2D eigenvalue weighted by Crippen LogP contribution is -2.49. The van der Waals surface area contributed by atoms with Crippen LogP contribution >= 0.6 is 0 Å². The van der Waals surface area contributed by atoms with Crippen molar-refractivity contribution in [3.8, 4) is 0 Å². The van der Waals surface area contributed by atoms with Crippen molar-refractivity contribution in [1.29, 1.82) is 0 Å². The van der Waals surface area contributed by atoms with Gasteiger partial charge in [0.1, 0.15) is 0 Å². The molecule has 1 aromatic heterocycles. The molecule has 2 rings (SSSR count). The number of carbonyl (C=O) groups is 1. The smallest absolute Gasteiger partial charge is 0.317 e. The lowest BCUT2D eigenvalue weighted by Gasteiger charge is -2.37. The summed E-state index contributed by atoms with van der Waals surface area (Å²) in [6.07, 6.45) is 3.34. The highest BCUT2D eigenvalue weighted by molar-refractivity contribution is 5.74. The first kappa shape index (κ1) is 17.7. The zero-order chi connectivity index (χ0) is 16.8. The summed E-state index contributed by atoms with van der Waals surface area (Å²) in [5.74, 6) is 0. The van der Waals surface area contributed by atoms with Gasteiger partial charge in [0.05, 0.1) is 18.3 Å². The maximum Gasteiger partial charge on any atom is 0.317 e. The summed E-state index contributed by atoms with van der Waals surface area (Å²) in [6.45, 7) is 6.46. The van der Waals surface area contributed by atoms with E-state index < -0.39 is 0 Å². The maximum atomic E-state index is 12.2. The summed E-state index contributed by atoms with van der Waals surface area (Å²) in [7, 11) is 2.04. The van der Waals surface area contributed by atoms with Gasteiger partial charge in [0, 0.05) is 31.9 Å². The van der Waals surface area contributed by atoms with Crippen molar-refractivity contribution >= 4 is 6.03 Å². The van der Waals surface area contributed by atoms with E-state index in [1.807, 2.05) is 31.0 Å². The number of aryl methyl sites for hydroxylation is 1. The number of aromatic nitrogens is 1. The molecule has 1 aliphatic rings. The number of piperidine rings is 1. The molecule has 1 aliphatic heterocycles. The second-order valence-electron chi connectivity index (χ2n) is 6.49. The highest BCUT2D eigenvalue weighted by Crippen LogP contribution is 2.15. The zero-order valence-corrected chi connectivity index (χ0v) is 14.3. The van der Waals surface area contributed by atoms with Gasteiger partial charge in [0.15, 0.2) is 0 Å². The van der Waals surface area contributed by atoms with Crippen molar-refractivity contribution in [2.24, 2.45) is 0 Å². The average Bonchev–Trinajstić information content (AvgIpc) is 2.52. The normalized spacial score (nSPS) is 17.3. The van der Waals surface area contributed by atoms with Gasteiger partial charge in [-0.1, -0.05) is 0 Å². The molecule has 0 aliphatic carbocycles. The number of urea groups is 1. The van der Waals surface area contributed by atoms with Gasteiger partial charge in [0.25, 0.3) is 0 Å². The molecule has 2 heterocycles. The number of nitrogens with zero attached hydrogens (tertiary/aromatic N) is 3. The number of hydrogen-bond donors (Lipinski definition) is 2.